The Morgan fingerprint density at radius 1 is 1.16 bits per heavy atom. The number of aromatic nitrogens is 3. The van der Waals surface area contributed by atoms with Crippen molar-refractivity contribution in [1.29, 1.82) is 0 Å². The summed E-state index contributed by atoms with van der Waals surface area (Å²) in [6.45, 7) is -9.60. The lowest BCUT2D eigenvalue weighted by molar-refractivity contribution is -0.137. The molecule has 0 saturated carbocycles. The third-order valence-corrected chi connectivity index (χ3v) is 5.39. The summed E-state index contributed by atoms with van der Waals surface area (Å²) in [7, 11) is -3.18. The van der Waals surface area contributed by atoms with Crippen LogP contribution in [0, 0.1) is 5.82 Å². The van der Waals surface area contributed by atoms with Gasteiger partial charge in [-0.3, -0.25) is 14.7 Å². The van der Waals surface area contributed by atoms with Gasteiger partial charge in [0.1, 0.15) is 11.4 Å². The number of benzene rings is 2. The molecule has 3 N–H and O–H groups in total. The largest absolute Gasteiger partial charge is 0.480 e. The maximum Gasteiger partial charge on any atom is 0.416 e. The highest BCUT2D eigenvalue weighted by molar-refractivity contribution is 6.05. The number of halogens is 4. The van der Waals surface area contributed by atoms with Crippen LogP contribution in [0.2, 0.25) is 0 Å². The first-order valence-electron chi connectivity index (χ1n) is 16.0. The van der Waals surface area contributed by atoms with E-state index in [1.54, 1.807) is 5.32 Å². The fraction of sp³-hybridized carbons (Fsp3) is 0.231. The van der Waals surface area contributed by atoms with Gasteiger partial charge in [0.25, 0.3) is 11.8 Å². The molecule has 198 valence electrons. The Morgan fingerprint density at radius 2 is 2.00 bits per heavy atom. The summed E-state index contributed by atoms with van der Waals surface area (Å²) in [5, 5.41) is 10.1. The summed E-state index contributed by atoms with van der Waals surface area (Å²) in [4.78, 5) is 30.0. The minimum Gasteiger partial charge on any atom is -0.480 e. The van der Waals surface area contributed by atoms with Gasteiger partial charge >= 0.3 is 6.18 Å². The molecule has 0 unspecified atom stereocenters. The summed E-state index contributed by atoms with van der Waals surface area (Å²) in [5.74, 6) is -4.78. The van der Waals surface area contributed by atoms with Gasteiger partial charge in [0.2, 0.25) is 5.88 Å². The van der Waals surface area contributed by atoms with Crippen LogP contribution in [0.1, 0.15) is 66.8 Å². The number of aromatic amines is 1. The van der Waals surface area contributed by atoms with Crippen LogP contribution in [0.3, 0.4) is 0 Å². The van der Waals surface area contributed by atoms with Crippen molar-refractivity contribution in [2.45, 2.75) is 25.9 Å². The van der Waals surface area contributed by atoms with Crippen molar-refractivity contribution in [1.82, 2.24) is 25.8 Å². The molecule has 4 rings (SSSR count). The van der Waals surface area contributed by atoms with E-state index in [2.05, 4.69) is 15.2 Å². The highest BCUT2D eigenvalue weighted by Crippen LogP contribution is 2.32. The predicted octanol–water partition coefficient (Wildman–Crippen LogP) is 5.03. The van der Waals surface area contributed by atoms with Crippen LogP contribution in [-0.4, -0.2) is 40.5 Å². The second kappa shape index (κ2) is 10.5. The first-order valence-corrected chi connectivity index (χ1v) is 10.5. The maximum absolute atomic E-state index is 14.7. The van der Waals surface area contributed by atoms with Crippen LogP contribution < -0.4 is 15.4 Å². The zero-order chi connectivity index (χ0) is 36.9. The monoisotopic (exact) mass is 540 g/mol. The maximum atomic E-state index is 14.7. The lowest BCUT2D eigenvalue weighted by atomic mass is 10.0. The molecule has 1 atom stereocenters. The highest BCUT2D eigenvalue weighted by Gasteiger charge is 2.32. The third-order valence-electron chi connectivity index (χ3n) is 5.39. The van der Waals surface area contributed by atoms with Crippen LogP contribution in [0.25, 0.3) is 22.0 Å². The fourth-order valence-corrected chi connectivity index (χ4v) is 3.57. The molecule has 12 heteroatoms. The number of ether oxygens (including phenoxy) is 1. The molecule has 2 amide bonds. The van der Waals surface area contributed by atoms with Gasteiger partial charge in [-0.1, -0.05) is 6.07 Å². The third kappa shape index (κ3) is 5.29. The number of alkyl halides is 3. The van der Waals surface area contributed by atoms with E-state index in [4.69, 9.17) is 19.8 Å². The average molecular weight is 541 g/mol. The van der Waals surface area contributed by atoms with Gasteiger partial charge in [-0.2, -0.15) is 18.3 Å². The van der Waals surface area contributed by atoms with Crippen molar-refractivity contribution in [3.05, 3.63) is 76.9 Å². The highest BCUT2D eigenvalue weighted by atomic mass is 19.4. The molecule has 4 aromatic rings. The van der Waals surface area contributed by atoms with Gasteiger partial charge in [-0.15, -0.1) is 0 Å². The van der Waals surface area contributed by atoms with E-state index < -0.39 is 79.7 Å². The molecule has 2 heterocycles. The molecule has 2 aromatic heterocycles. The number of hydrogen-bond acceptors (Lipinski definition) is 5. The zero-order valence-electron chi connectivity index (χ0n) is 29.8. The number of H-pyrrole nitrogens is 1. The van der Waals surface area contributed by atoms with Crippen molar-refractivity contribution < 1.29 is 47.0 Å². The second-order valence-corrected chi connectivity index (χ2v) is 7.73. The number of hydrogen-bond donors (Lipinski definition) is 3. The Balaban J connectivity index is 1.75. The number of carbonyl (C=O) groups is 2. The number of amides is 2. The summed E-state index contributed by atoms with van der Waals surface area (Å²) in [6, 6.07) is 3.71. The molecule has 2 aromatic carbocycles. The molecule has 0 spiro atoms. The predicted molar refractivity (Wildman–Crippen MR) is 131 cm³/mol. The topological polar surface area (TPSA) is 109 Å². The first kappa shape index (κ1) is 15.7. The van der Waals surface area contributed by atoms with Gasteiger partial charge < -0.3 is 15.4 Å². The summed E-state index contributed by atoms with van der Waals surface area (Å²) in [6.07, 6.45) is -3.93. The molecule has 0 aliphatic heterocycles. The van der Waals surface area contributed by atoms with Gasteiger partial charge in [-0.25, -0.2) is 9.37 Å². The number of pyridine rings is 1. The van der Waals surface area contributed by atoms with Gasteiger partial charge in [0.15, 0.2) is 5.69 Å². The Bertz CT molecular complexity index is 1910. The summed E-state index contributed by atoms with van der Waals surface area (Å²) < 4.78 is 142. The van der Waals surface area contributed by atoms with E-state index >= 15 is 0 Å². The summed E-state index contributed by atoms with van der Waals surface area (Å²) in [5.41, 5.74) is -3.07. The van der Waals surface area contributed by atoms with Crippen LogP contribution in [0.5, 0.6) is 5.88 Å². The smallest absolute Gasteiger partial charge is 0.416 e. The van der Waals surface area contributed by atoms with E-state index in [0.717, 1.165) is 12.3 Å². The lowest BCUT2D eigenvalue weighted by Crippen LogP contribution is -2.28. The quantitative estimate of drug-likeness (QED) is 0.285. The van der Waals surface area contributed by atoms with E-state index in [9.17, 15) is 27.2 Å². The second-order valence-electron chi connectivity index (χ2n) is 7.73. The van der Waals surface area contributed by atoms with E-state index in [1.165, 1.54) is 18.2 Å². The Morgan fingerprint density at radius 3 is 2.74 bits per heavy atom. The van der Waals surface area contributed by atoms with Crippen molar-refractivity contribution in [3.63, 3.8) is 0 Å². The molecule has 0 aliphatic rings. The van der Waals surface area contributed by atoms with Gasteiger partial charge in [-0.05, 0) is 55.7 Å². The van der Waals surface area contributed by atoms with E-state index in [-0.39, 0.29) is 33.8 Å². The van der Waals surface area contributed by atoms with Crippen molar-refractivity contribution in [3.8, 4) is 17.0 Å². The minimum atomic E-state index is -4.99. The molecule has 0 bridgehead atoms. The van der Waals surface area contributed by atoms with Crippen LogP contribution >= 0.6 is 0 Å². The standard InChI is InChI=1S/C26H23F4N5O3/c1-4-31-24(37)22-17-7-5-14(10-21(17)34-35-22)15-9-19(25(38-3)32-12-15)23(36)33-13(2)18-11-16(26(28,29)30)6-8-20(18)27/h5-13H,4H2,1-3H3,(H,31,37)(H,33,36)(H,34,35)/t13-/m1/s1/i1D3,2D3,3D3,4D2. The molecule has 8 nitrogen and oxygen atoms in total. The van der Waals surface area contributed by atoms with Crippen LogP contribution in [-0.2, 0) is 6.18 Å². The Kier molecular flexibility index (Phi) is 4.33. The van der Waals surface area contributed by atoms with Crippen LogP contribution in [0.15, 0.2) is 48.7 Å². The van der Waals surface area contributed by atoms with Gasteiger partial charge in [0, 0.05) is 40.2 Å². The molecular weight excluding hydrogens is 506 g/mol. The Hall–Kier alpha value is -4.48. The van der Waals surface area contributed by atoms with Crippen LogP contribution in [0.4, 0.5) is 17.6 Å². The molecule has 0 fully saturated rings. The number of carbonyl (C=O) groups excluding carboxylic acids is 2. The zero-order valence-corrected chi connectivity index (χ0v) is 18.8. The van der Waals surface area contributed by atoms with E-state index in [0.29, 0.717) is 12.1 Å². The van der Waals surface area contributed by atoms with Crippen molar-refractivity contribution >= 4 is 22.7 Å². The first-order chi connectivity index (χ1) is 22.3. The van der Waals surface area contributed by atoms with E-state index in [1.807, 2.05) is 5.32 Å². The minimum absolute atomic E-state index is 0.0555. The van der Waals surface area contributed by atoms with Gasteiger partial charge in [0.05, 0.1) is 28.3 Å². The number of nitrogens with zero attached hydrogens (tertiary/aromatic N) is 2. The number of methoxy groups -OCH3 is 1. The molecule has 0 radical (unpaired) electrons. The van der Waals surface area contributed by atoms with Crippen molar-refractivity contribution in [2.24, 2.45) is 0 Å². The molecular formula is C26H23F4N5O3. The molecule has 38 heavy (non-hydrogen) atoms. The fourth-order valence-electron chi connectivity index (χ4n) is 3.57. The Labute approximate surface area is 229 Å². The lowest BCUT2D eigenvalue weighted by Gasteiger charge is -2.18. The summed E-state index contributed by atoms with van der Waals surface area (Å²) >= 11 is 0. The molecule has 0 aliphatic carbocycles. The average Bonchev–Trinajstić information content (AvgIpc) is 3.37. The number of rotatable bonds is 7. The molecule has 0 saturated heterocycles. The number of nitrogens with one attached hydrogen (secondary N) is 3. The normalized spacial score (nSPS) is 17.9. The number of fused-ring (bicyclic) bond motifs is 1. The van der Waals surface area contributed by atoms with Crippen molar-refractivity contribution in [2.75, 3.05) is 13.5 Å². The SMILES string of the molecule is [2H]C([2H])([2H])Oc1ncc(-c2ccc3c(C(=O)NC([2H])([2H])C([2H])([2H])[2H])n[nH]c3c2)cc1C(=O)N[C@@H](c1cc(C(F)(F)F)ccc1F)C([2H])([2H])[2H].